The molecule has 8 rings (SSSR count). The molecular formula is C46H34Br2F2N8O9PS2+. The highest BCUT2D eigenvalue weighted by Gasteiger charge is 2.36. The number of aromatic nitrogens is 4. The average molecular weight is 1140 g/mol. The van der Waals surface area contributed by atoms with Crippen molar-refractivity contribution in [2.24, 2.45) is 10.3 Å². The van der Waals surface area contributed by atoms with Gasteiger partial charge in [0.25, 0.3) is 11.8 Å². The van der Waals surface area contributed by atoms with Crippen molar-refractivity contribution < 1.29 is 48.8 Å². The molecule has 8 aromatic rings. The molecule has 2 atom stereocenters. The molecule has 0 saturated heterocycles. The highest BCUT2D eigenvalue weighted by molar-refractivity contribution is 9.10. The van der Waals surface area contributed by atoms with Crippen LogP contribution < -0.4 is 20.9 Å². The fourth-order valence-electron chi connectivity index (χ4n) is 6.85. The van der Waals surface area contributed by atoms with Crippen LogP contribution in [0, 0.1) is 11.6 Å². The summed E-state index contributed by atoms with van der Waals surface area (Å²) in [7, 11) is -11.4. The second-order valence-electron chi connectivity index (χ2n) is 14.9. The highest BCUT2D eigenvalue weighted by atomic mass is 79.9. The summed E-state index contributed by atoms with van der Waals surface area (Å²) in [6, 6.07) is 37.3. The summed E-state index contributed by atoms with van der Waals surface area (Å²) in [5, 5.41) is 24.7. The number of carbonyl (C=O) groups excluding carboxylic acids is 2. The first-order valence-corrected chi connectivity index (χ1v) is 26.0. The molecule has 2 amide bonds. The van der Waals surface area contributed by atoms with Gasteiger partial charge in [-0.05, 0) is 109 Å². The van der Waals surface area contributed by atoms with Gasteiger partial charge in [-0.15, -0.1) is 0 Å². The van der Waals surface area contributed by atoms with Crippen molar-refractivity contribution >= 4 is 72.0 Å². The maximum absolute atomic E-state index is 15.3. The largest absolute Gasteiger partial charge is 0.702 e. The molecule has 2 aromatic heterocycles. The van der Waals surface area contributed by atoms with E-state index in [1.54, 1.807) is 60.7 Å². The van der Waals surface area contributed by atoms with Crippen LogP contribution in [0.25, 0.3) is 33.9 Å². The predicted molar refractivity (Wildman–Crippen MR) is 259 cm³/mol. The van der Waals surface area contributed by atoms with E-state index in [1.807, 2.05) is 0 Å². The topological polar surface area (TPSA) is 250 Å². The molecule has 0 aliphatic carbocycles. The van der Waals surface area contributed by atoms with Gasteiger partial charge < -0.3 is 10.6 Å². The molecule has 0 radical (unpaired) electrons. The number of nitrogens with zero attached hydrogens (tertiary/aromatic N) is 4. The van der Waals surface area contributed by atoms with Crippen molar-refractivity contribution in [1.29, 1.82) is 0 Å². The van der Waals surface area contributed by atoms with E-state index < -0.39 is 64.2 Å². The minimum absolute atomic E-state index is 0.0526. The summed E-state index contributed by atoms with van der Waals surface area (Å²) >= 11 is 6.74. The van der Waals surface area contributed by atoms with Gasteiger partial charge in [-0.2, -0.15) is 10.2 Å². The molecule has 2 heterocycles. The van der Waals surface area contributed by atoms with Gasteiger partial charge in [0.2, 0.25) is 32.5 Å². The summed E-state index contributed by atoms with van der Waals surface area (Å²) in [5.74, 6) is -3.06. The van der Waals surface area contributed by atoms with E-state index in [0.29, 0.717) is 8.95 Å². The normalized spacial score (nSPS) is 12.8. The minimum atomic E-state index is -4.06. The molecule has 2 unspecified atom stereocenters. The average Bonchev–Trinajstić information content (AvgIpc) is 3.98. The van der Waals surface area contributed by atoms with Gasteiger partial charge in [0, 0.05) is 35.8 Å². The van der Waals surface area contributed by atoms with E-state index in [1.165, 1.54) is 106 Å². The number of benzene rings is 6. The number of halogens is 4. The quantitative estimate of drug-likeness (QED) is 0.0526. The van der Waals surface area contributed by atoms with Crippen LogP contribution in [-0.4, -0.2) is 48.2 Å². The minimum Gasteiger partial charge on any atom is -0.317 e. The van der Waals surface area contributed by atoms with Crippen molar-refractivity contribution in [1.82, 2.24) is 30.2 Å². The van der Waals surface area contributed by atoms with Crippen LogP contribution in [0.2, 0.25) is 0 Å². The second kappa shape index (κ2) is 20.7. The SMILES string of the molecule is NS(=O)(=O)c1ccc(-n2nc(C(=O)NC(O[P+](=O)OC(NC(=O)c3cc(-c4ccccc4F)n(-c4ccc(S(N)(=O)=O)cc4)n3)c3ccc(Br)cc3)c3ccc(Br)cc3)cc2-c2ccccc2F)cc1. The first kappa shape index (κ1) is 49.8. The maximum atomic E-state index is 15.3. The standard InChI is InChI=1S/C46H33Br2F2N8O9PS2/c47-29-13-9-27(10-14-29)45(53-43(59)39-25-41(35-5-1-3-7-37(35)49)57(55-39)31-17-21-33(22-18-31)69(51,62)63)66-68(61)67-46(28-11-15-30(48)16-12-28)54-44(60)40-26-42(36-6-2-4-8-38(36)50)58(56-40)32-19-23-34(24-20-32)70(52,64)65/h1-26,45-46H,(H5-,51,52,53,54,59,60,62,63,64,65)/p+1. The third kappa shape index (κ3) is 11.5. The Bertz CT molecular complexity index is 3280. The van der Waals surface area contributed by atoms with Gasteiger partial charge >= 0.3 is 8.25 Å². The van der Waals surface area contributed by atoms with E-state index in [9.17, 15) is 31.0 Å². The second-order valence-corrected chi connectivity index (χ2v) is 20.8. The summed E-state index contributed by atoms with van der Waals surface area (Å²) in [6.45, 7) is 0. The van der Waals surface area contributed by atoms with Crippen molar-refractivity contribution in [3.63, 3.8) is 0 Å². The smallest absolute Gasteiger partial charge is 0.317 e. The third-order valence-electron chi connectivity index (χ3n) is 10.3. The van der Waals surface area contributed by atoms with Gasteiger partial charge in [-0.1, -0.05) is 89.4 Å². The predicted octanol–water partition coefficient (Wildman–Crippen LogP) is 8.74. The molecular weight excluding hydrogens is 1100 g/mol. The van der Waals surface area contributed by atoms with Crippen molar-refractivity contribution in [3.8, 4) is 33.9 Å². The number of amides is 2. The van der Waals surface area contributed by atoms with E-state index in [2.05, 4.69) is 52.7 Å². The number of primary sulfonamides is 2. The Morgan fingerprint density at radius 3 is 1.23 bits per heavy atom. The van der Waals surface area contributed by atoms with Gasteiger partial charge in [-0.25, -0.2) is 45.3 Å². The molecule has 0 aliphatic rings. The van der Waals surface area contributed by atoms with Crippen LogP contribution in [0.3, 0.4) is 0 Å². The lowest BCUT2D eigenvalue weighted by molar-refractivity contribution is 0.0688. The Morgan fingerprint density at radius 2 is 0.900 bits per heavy atom. The zero-order valence-corrected chi connectivity index (χ0v) is 41.3. The fraction of sp³-hybridized carbons (Fsp3) is 0.0435. The molecule has 24 heteroatoms. The van der Waals surface area contributed by atoms with E-state index in [-0.39, 0.29) is 66.2 Å². The fourth-order valence-corrected chi connectivity index (χ4v) is 9.15. The lowest BCUT2D eigenvalue weighted by Crippen LogP contribution is -2.31. The molecule has 0 bridgehead atoms. The third-order valence-corrected chi connectivity index (χ3v) is 13.9. The lowest BCUT2D eigenvalue weighted by Gasteiger charge is -2.15. The van der Waals surface area contributed by atoms with Crippen LogP contribution >= 0.6 is 40.1 Å². The number of carbonyl (C=O) groups is 2. The Labute approximate surface area is 415 Å². The van der Waals surface area contributed by atoms with Crippen molar-refractivity contribution in [3.05, 3.63) is 201 Å². The summed E-state index contributed by atoms with van der Waals surface area (Å²) < 4.78 is 108. The van der Waals surface area contributed by atoms with E-state index in [4.69, 9.17) is 19.3 Å². The molecule has 17 nitrogen and oxygen atoms in total. The molecule has 0 fully saturated rings. The zero-order chi connectivity index (χ0) is 49.9. The van der Waals surface area contributed by atoms with Gasteiger partial charge in [0.05, 0.1) is 32.6 Å². The lowest BCUT2D eigenvalue weighted by atomic mass is 10.1. The molecule has 0 aliphatic heterocycles. The van der Waals surface area contributed by atoms with Crippen LogP contribution in [0.5, 0.6) is 0 Å². The Kier molecular flexibility index (Phi) is 14.7. The van der Waals surface area contributed by atoms with Crippen LogP contribution in [0.15, 0.2) is 176 Å². The van der Waals surface area contributed by atoms with Crippen molar-refractivity contribution in [2.45, 2.75) is 22.2 Å². The number of hydrogen-bond donors (Lipinski definition) is 4. The number of sulfonamides is 2. The van der Waals surface area contributed by atoms with Gasteiger partial charge in [0.15, 0.2) is 11.4 Å². The van der Waals surface area contributed by atoms with Crippen LogP contribution in [0.1, 0.15) is 44.6 Å². The number of nitrogens with two attached hydrogens (primary N) is 2. The molecule has 6 N–H and O–H groups in total. The molecule has 0 saturated carbocycles. The first-order valence-electron chi connectivity index (χ1n) is 20.2. The van der Waals surface area contributed by atoms with E-state index in [0.717, 1.165) is 0 Å². The zero-order valence-electron chi connectivity index (χ0n) is 35.6. The number of hydrogen-bond acceptors (Lipinski definition) is 11. The van der Waals surface area contributed by atoms with Crippen LogP contribution in [0.4, 0.5) is 8.78 Å². The molecule has 356 valence electrons. The van der Waals surface area contributed by atoms with Gasteiger partial charge in [-0.3, -0.25) is 9.59 Å². The summed E-state index contributed by atoms with van der Waals surface area (Å²) in [5.41, 5.74) is 0.867. The Hall–Kier alpha value is -6.66. The van der Waals surface area contributed by atoms with Crippen molar-refractivity contribution in [2.75, 3.05) is 0 Å². The first-order chi connectivity index (χ1) is 33.3. The van der Waals surface area contributed by atoms with E-state index >= 15 is 8.78 Å². The van der Waals surface area contributed by atoms with Crippen LogP contribution in [-0.2, 0) is 33.7 Å². The molecule has 6 aromatic carbocycles. The molecule has 70 heavy (non-hydrogen) atoms. The summed E-state index contributed by atoms with van der Waals surface area (Å²) in [4.78, 5) is 27.9. The van der Waals surface area contributed by atoms with Gasteiger partial charge in [0.1, 0.15) is 11.6 Å². The monoisotopic (exact) mass is 1130 g/mol. The number of rotatable bonds is 16. The Balaban J connectivity index is 1.09. The summed E-state index contributed by atoms with van der Waals surface area (Å²) in [6.07, 6.45) is -3.03. The molecule has 0 spiro atoms. The Morgan fingerprint density at radius 1 is 0.557 bits per heavy atom. The maximum Gasteiger partial charge on any atom is 0.702 e. The highest BCUT2D eigenvalue weighted by Crippen LogP contribution is 2.38. The number of nitrogens with one attached hydrogen (secondary N) is 2.